The van der Waals surface area contributed by atoms with Crippen molar-refractivity contribution in [2.75, 3.05) is 13.2 Å². The Bertz CT molecular complexity index is 915. The summed E-state index contributed by atoms with van der Waals surface area (Å²) in [6, 6.07) is 19.5. The van der Waals surface area contributed by atoms with Crippen molar-refractivity contribution < 1.29 is 14.3 Å². The van der Waals surface area contributed by atoms with E-state index >= 15 is 0 Å². The molecule has 0 atom stereocenters. The maximum atomic E-state index is 12.6. The minimum absolute atomic E-state index is 0.0797. The second kappa shape index (κ2) is 6.85. The SMILES string of the molecule is O=C(NCc1ccc2c(c1)OCCCO2)c1cccc2ccccc12. The van der Waals surface area contributed by atoms with E-state index in [2.05, 4.69) is 5.32 Å². The molecule has 1 aliphatic heterocycles. The van der Waals surface area contributed by atoms with E-state index in [1.807, 2.05) is 60.7 Å². The molecule has 0 saturated heterocycles. The quantitative estimate of drug-likeness (QED) is 0.790. The molecule has 0 fully saturated rings. The lowest BCUT2D eigenvalue weighted by Crippen LogP contribution is -2.23. The first-order valence-corrected chi connectivity index (χ1v) is 8.46. The van der Waals surface area contributed by atoms with Crippen molar-refractivity contribution in [1.29, 1.82) is 0 Å². The molecule has 0 saturated carbocycles. The molecule has 0 radical (unpaired) electrons. The average molecular weight is 333 g/mol. The van der Waals surface area contributed by atoms with Gasteiger partial charge in [-0.15, -0.1) is 0 Å². The molecule has 0 aromatic heterocycles. The van der Waals surface area contributed by atoms with Gasteiger partial charge >= 0.3 is 0 Å². The highest BCUT2D eigenvalue weighted by Gasteiger charge is 2.12. The molecule has 1 N–H and O–H groups in total. The predicted molar refractivity (Wildman–Crippen MR) is 97.2 cm³/mol. The Morgan fingerprint density at radius 1 is 0.920 bits per heavy atom. The Morgan fingerprint density at radius 3 is 2.64 bits per heavy atom. The van der Waals surface area contributed by atoms with Crippen LogP contribution in [-0.4, -0.2) is 19.1 Å². The third kappa shape index (κ3) is 3.29. The molecule has 4 heteroatoms. The van der Waals surface area contributed by atoms with Crippen LogP contribution in [0.5, 0.6) is 11.5 Å². The zero-order valence-corrected chi connectivity index (χ0v) is 13.8. The molecule has 0 aliphatic carbocycles. The maximum absolute atomic E-state index is 12.6. The molecule has 1 heterocycles. The molecular formula is C21H19NO3. The largest absolute Gasteiger partial charge is 0.490 e. The standard InChI is InChI=1S/C21H19NO3/c23-21(18-8-3-6-16-5-1-2-7-17(16)18)22-14-15-9-10-19-20(13-15)25-12-4-11-24-19/h1-3,5-10,13H,4,11-12,14H2,(H,22,23). The number of benzene rings is 3. The number of hydrogen-bond acceptors (Lipinski definition) is 3. The molecule has 0 bridgehead atoms. The number of carbonyl (C=O) groups excluding carboxylic acids is 1. The van der Waals surface area contributed by atoms with E-state index in [9.17, 15) is 4.79 Å². The van der Waals surface area contributed by atoms with Crippen LogP contribution in [0.3, 0.4) is 0 Å². The molecule has 1 aliphatic rings. The summed E-state index contributed by atoms with van der Waals surface area (Å²) >= 11 is 0. The lowest BCUT2D eigenvalue weighted by molar-refractivity contribution is 0.0952. The van der Waals surface area contributed by atoms with E-state index in [0.29, 0.717) is 25.3 Å². The van der Waals surface area contributed by atoms with Gasteiger partial charge in [0.15, 0.2) is 11.5 Å². The normalized spacial score (nSPS) is 13.3. The van der Waals surface area contributed by atoms with Gasteiger partial charge in [-0.2, -0.15) is 0 Å². The molecule has 25 heavy (non-hydrogen) atoms. The fourth-order valence-corrected chi connectivity index (χ4v) is 3.02. The lowest BCUT2D eigenvalue weighted by atomic mass is 10.0. The minimum Gasteiger partial charge on any atom is -0.490 e. The summed E-state index contributed by atoms with van der Waals surface area (Å²) in [6.07, 6.45) is 0.877. The summed E-state index contributed by atoms with van der Waals surface area (Å²) < 4.78 is 11.3. The van der Waals surface area contributed by atoms with Gasteiger partial charge in [0.25, 0.3) is 5.91 Å². The summed E-state index contributed by atoms with van der Waals surface area (Å²) in [4.78, 5) is 12.6. The van der Waals surface area contributed by atoms with E-state index in [4.69, 9.17) is 9.47 Å². The summed E-state index contributed by atoms with van der Waals surface area (Å²) in [6.45, 7) is 1.77. The van der Waals surface area contributed by atoms with E-state index in [-0.39, 0.29) is 5.91 Å². The molecule has 126 valence electrons. The van der Waals surface area contributed by atoms with E-state index in [1.165, 1.54) is 0 Å². The number of rotatable bonds is 3. The van der Waals surface area contributed by atoms with Crippen LogP contribution in [0.4, 0.5) is 0 Å². The number of hydrogen-bond donors (Lipinski definition) is 1. The van der Waals surface area contributed by atoms with Crippen LogP contribution in [0.2, 0.25) is 0 Å². The Hall–Kier alpha value is -3.01. The van der Waals surface area contributed by atoms with Gasteiger partial charge in [0.2, 0.25) is 0 Å². The van der Waals surface area contributed by atoms with Crippen molar-refractivity contribution in [3.63, 3.8) is 0 Å². The first-order chi connectivity index (χ1) is 12.3. The van der Waals surface area contributed by atoms with E-state index < -0.39 is 0 Å². The zero-order chi connectivity index (χ0) is 17.1. The fourth-order valence-electron chi connectivity index (χ4n) is 3.02. The first kappa shape index (κ1) is 15.5. The monoisotopic (exact) mass is 333 g/mol. The number of amides is 1. The van der Waals surface area contributed by atoms with Gasteiger partial charge in [0.1, 0.15) is 0 Å². The maximum Gasteiger partial charge on any atom is 0.252 e. The minimum atomic E-state index is -0.0797. The number of nitrogens with one attached hydrogen (secondary N) is 1. The Morgan fingerprint density at radius 2 is 1.72 bits per heavy atom. The van der Waals surface area contributed by atoms with Crippen molar-refractivity contribution in [2.24, 2.45) is 0 Å². The van der Waals surface area contributed by atoms with Gasteiger partial charge in [-0.3, -0.25) is 4.79 Å². The average Bonchev–Trinajstić information content (AvgIpc) is 2.90. The van der Waals surface area contributed by atoms with Gasteiger partial charge in [0.05, 0.1) is 13.2 Å². The summed E-state index contributed by atoms with van der Waals surface area (Å²) in [5, 5.41) is 5.01. The van der Waals surface area contributed by atoms with Gasteiger partial charge in [-0.1, -0.05) is 42.5 Å². The van der Waals surface area contributed by atoms with Crippen LogP contribution >= 0.6 is 0 Å². The third-order valence-electron chi connectivity index (χ3n) is 4.30. The molecule has 4 nitrogen and oxygen atoms in total. The Balaban J connectivity index is 1.51. The number of ether oxygens (including phenoxy) is 2. The highest BCUT2D eigenvalue weighted by atomic mass is 16.5. The second-order valence-electron chi connectivity index (χ2n) is 6.04. The smallest absolute Gasteiger partial charge is 0.252 e. The number of fused-ring (bicyclic) bond motifs is 2. The third-order valence-corrected chi connectivity index (χ3v) is 4.30. The fraction of sp³-hybridized carbons (Fsp3) is 0.190. The molecule has 3 aromatic carbocycles. The van der Waals surface area contributed by atoms with Crippen LogP contribution in [0, 0.1) is 0 Å². The van der Waals surface area contributed by atoms with Crippen LogP contribution in [-0.2, 0) is 6.54 Å². The highest BCUT2D eigenvalue weighted by molar-refractivity contribution is 6.06. The molecule has 0 spiro atoms. The van der Waals surface area contributed by atoms with Crippen LogP contribution in [0.1, 0.15) is 22.3 Å². The highest BCUT2D eigenvalue weighted by Crippen LogP contribution is 2.30. The first-order valence-electron chi connectivity index (χ1n) is 8.46. The number of carbonyl (C=O) groups is 1. The van der Waals surface area contributed by atoms with Crippen LogP contribution in [0.15, 0.2) is 60.7 Å². The molecule has 4 rings (SSSR count). The topological polar surface area (TPSA) is 47.6 Å². The van der Waals surface area contributed by atoms with Gasteiger partial charge in [-0.05, 0) is 34.5 Å². The van der Waals surface area contributed by atoms with Crippen molar-refractivity contribution in [3.8, 4) is 11.5 Å². The van der Waals surface area contributed by atoms with Gasteiger partial charge < -0.3 is 14.8 Å². The molecular weight excluding hydrogens is 314 g/mol. The summed E-state index contributed by atoms with van der Waals surface area (Å²) in [5.74, 6) is 1.43. The van der Waals surface area contributed by atoms with Crippen LogP contribution < -0.4 is 14.8 Å². The van der Waals surface area contributed by atoms with Crippen molar-refractivity contribution in [2.45, 2.75) is 13.0 Å². The van der Waals surface area contributed by atoms with Gasteiger partial charge in [-0.25, -0.2) is 0 Å². The molecule has 1 amide bonds. The summed E-state index contributed by atoms with van der Waals surface area (Å²) in [7, 11) is 0. The van der Waals surface area contributed by atoms with E-state index in [1.54, 1.807) is 0 Å². The molecule has 0 unspecified atom stereocenters. The van der Waals surface area contributed by atoms with Crippen molar-refractivity contribution in [3.05, 3.63) is 71.8 Å². The zero-order valence-electron chi connectivity index (χ0n) is 13.8. The Labute approximate surface area is 146 Å². The molecule has 3 aromatic rings. The summed E-state index contributed by atoms with van der Waals surface area (Å²) in [5.41, 5.74) is 1.67. The lowest BCUT2D eigenvalue weighted by Gasteiger charge is -2.11. The van der Waals surface area contributed by atoms with E-state index in [0.717, 1.165) is 34.3 Å². The van der Waals surface area contributed by atoms with Gasteiger partial charge in [0, 0.05) is 18.5 Å². The Kier molecular flexibility index (Phi) is 4.25. The van der Waals surface area contributed by atoms with Crippen molar-refractivity contribution in [1.82, 2.24) is 5.32 Å². The van der Waals surface area contributed by atoms with Crippen LogP contribution in [0.25, 0.3) is 10.8 Å². The second-order valence-corrected chi connectivity index (χ2v) is 6.04. The predicted octanol–water partition coefficient (Wildman–Crippen LogP) is 3.93. The van der Waals surface area contributed by atoms with Crippen molar-refractivity contribution >= 4 is 16.7 Å².